The molecule has 0 spiro atoms. The highest BCUT2D eigenvalue weighted by molar-refractivity contribution is 5.88. The number of methoxy groups -OCH3 is 1. The molecule has 0 unspecified atom stereocenters. The van der Waals surface area contributed by atoms with Gasteiger partial charge in [-0.05, 0) is 30.5 Å². The Balaban J connectivity index is 1.43. The molecule has 0 aliphatic carbocycles. The number of likely N-dealkylation sites (tertiary alicyclic amines) is 1. The van der Waals surface area contributed by atoms with Crippen molar-refractivity contribution >= 4 is 11.8 Å². The molecule has 2 amide bonds. The fraction of sp³-hybridized carbons (Fsp3) is 0.412. The summed E-state index contributed by atoms with van der Waals surface area (Å²) in [5.41, 5.74) is 1.26. The summed E-state index contributed by atoms with van der Waals surface area (Å²) in [6.07, 6.45) is 6.83. The van der Waals surface area contributed by atoms with Crippen LogP contribution in [0.15, 0.2) is 36.9 Å². The van der Waals surface area contributed by atoms with E-state index in [-0.39, 0.29) is 12.1 Å². The predicted molar refractivity (Wildman–Crippen MR) is 93.3 cm³/mol. The minimum Gasteiger partial charge on any atom is -0.481 e. The topological polar surface area (TPSA) is 92.3 Å². The van der Waals surface area contributed by atoms with Crippen LogP contribution in [0.3, 0.4) is 0 Å². The molecule has 3 rings (SSSR count). The van der Waals surface area contributed by atoms with Crippen molar-refractivity contribution in [1.29, 1.82) is 0 Å². The van der Waals surface area contributed by atoms with Crippen molar-refractivity contribution in [2.75, 3.05) is 25.5 Å². The molecule has 0 bridgehead atoms. The van der Waals surface area contributed by atoms with Crippen LogP contribution >= 0.6 is 0 Å². The number of carbonyl (C=O) groups is 1. The fourth-order valence-corrected chi connectivity index (χ4v) is 2.84. The normalized spacial score (nSPS) is 15.6. The smallest absolute Gasteiger partial charge is 0.320 e. The second kappa shape index (κ2) is 8.39. The van der Waals surface area contributed by atoms with Gasteiger partial charge in [0.2, 0.25) is 5.88 Å². The van der Waals surface area contributed by atoms with Crippen LogP contribution in [0.4, 0.5) is 10.6 Å². The molecule has 0 saturated carbocycles. The highest BCUT2D eigenvalue weighted by Crippen LogP contribution is 2.14. The molecule has 25 heavy (non-hydrogen) atoms. The molecule has 0 aromatic carbocycles. The van der Waals surface area contributed by atoms with Crippen LogP contribution in [0.1, 0.15) is 18.4 Å². The standard InChI is InChI=1S/C17H22N6O2/c1-25-16-10-15(19-12-20-16)22-17(24)21-14-4-8-23(9-5-14)11-13-2-6-18-7-3-13/h2-3,6-7,10,12,14H,4-5,8-9,11H2,1H3,(H2,19,20,21,22,24). The van der Waals surface area contributed by atoms with E-state index in [9.17, 15) is 4.79 Å². The summed E-state index contributed by atoms with van der Waals surface area (Å²) in [6, 6.07) is 5.56. The molecule has 8 heteroatoms. The van der Waals surface area contributed by atoms with Gasteiger partial charge in [0.05, 0.1) is 7.11 Å². The van der Waals surface area contributed by atoms with E-state index < -0.39 is 0 Å². The van der Waals surface area contributed by atoms with Crippen molar-refractivity contribution in [1.82, 2.24) is 25.2 Å². The van der Waals surface area contributed by atoms with E-state index in [0.717, 1.165) is 32.5 Å². The molecule has 2 N–H and O–H groups in total. The number of nitrogens with one attached hydrogen (secondary N) is 2. The van der Waals surface area contributed by atoms with Gasteiger partial charge in [0, 0.05) is 44.1 Å². The van der Waals surface area contributed by atoms with Crippen molar-refractivity contribution in [3.8, 4) is 5.88 Å². The van der Waals surface area contributed by atoms with E-state index in [1.165, 1.54) is 19.0 Å². The number of nitrogens with zero attached hydrogens (tertiary/aromatic N) is 4. The molecule has 8 nitrogen and oxygen atoms in total. The van der Waals surface area contributed by atoms with E-state index in [1.54, 1.807) is 6.07 Å². The second-order valence-electron chi connectivity index (χ2n) is 5.95. The number of anilines is 1. The lowest BCUT2D eigenvalue weighted by molar-refractivity contribution is 0.190. The Morgan fingerprint density at radius 2 is 2.04 bits per heavy atom. The lowest BCUT2D eigenvalue weighted by Gasteiger charge is -2.32. The summed E-state index contributed by atoms with van der Waals surface area (Å²) in [5, 5.41) is 5.71. The molecule has 1 fully saturated rings. The van der Waals surface area contributed by atoms with Gasteiger partial charge in [0.1, 0.15) is 12.1 Å². The maximum absolute atomic E-state index is 12.1. The summed E-state index contributed by atoms with van der Waals surface area (Å²) < 4.78 is 5.01. The number of amides is 2. The first-order chi connectivity index (χ1) is 12.2. The summed E-state index contributed by atoms with van der Waals surface area (Å²) in [5.74, 6) is 0.828. The van der Waals surface area contributed by atoms with Crippen LogP contribution in [0.25, 0.3) is 0 Å². The number of carbonyl (C=O) groups excluding carboxylic acids is 1. The van der Waals surface area contributed by atoms with Gasteiger partial charge in [0.15, 0.2) is 0 Å². The highest BCUT2D eigenvalue weighted by atomic mass is 16.5. The summed E-state index contributed by atoms with van der Waals surface area (Å²) in [4.78, 5) is 26.4. The minimum absolute atomic E-state index is 0.164. The van der Waals surface area contributed by atoms with Gasteiger partial charge in [-0.15, -0.1) is 0 Å². The average molecular weight is 342 g/mol. The van der Waals surface area contributed by atoms with E-state index in [0.29, 0.717) is 11.7 Å². The van der Waals surface area contributed by atoms with Gasteiger partial charge in [0.25, 0.3) is 0 Å². The number of piperidine rings is 1. The number of pyridine rings is 1. The molecular weight excluding hydrogens is 320 g/mol. The zero-order valence-corrected chi connectivity index (χ0v) is 14.2. The van der Waals surface area contributed by atoms with Gasteiger partial charge in [-0.1, -0.05) is 0 Å². The quantitative estimate of drug-likeness (QED) is 0.859. The van der Waals surface area contributed by atoms with Crippen LogP contribution in [-0.2, 0) is 6.54 Å². The number of hydrogen-bond acceptors (Lipinski definition) is 6. The van der Waals surface area contributed by atoms with E-state index in [1.807, 2.05) is 24.5 Å². The molecule has 2 aromatic heterocycles. The van der Waals surface area contributed by atoms with Crippen molar-refractivity contribution < 1.29 is 9.53 Å². The summed E-state index contributed by atoms with van der Waals surface area (Å²) in [7, 11) is 1.52. The molecule has 0 atom stereocenters. The number of aromatic nitrogens is 3. The molecule has 1 aliphatic rings. The zero-order chi connectivity index (χ0) is 17.5. The monoisotopic (exact) mass is 342 g/mol. The Labute approximate surface area is 146 Å². The van der Waals surface area contributed by atoms with Gasteiger partial charge < -0.3 is 10.1 Å². The predicted octanol–water partition coefficient (Wildman–Crippen LogP) is 1.67. The van der Waals surface area contributed by atoms with E-state index in [2.05, 4.69) is 30.5 Å². The van der Waals surface area contributed by atoms with Crippen LogP contribution in [-0.4, -0.2) is 52.1 Å². The minimum atomic E-state index is -0.256. The maximum Gasteiger partial charge on any atom is 0.320 e. The first kappa shape index (κ1) is 17.1. The van der Waals surface area contributed by atoms with Gasteiger partial charge >= 0.3 is 6.03 Å². The third-order valence-electron chi connectivity index (χ3n) is 4.17. The Kier molecular flexibility index (Phi) is 5.73. The van der Waals surface area contributed by atoms with Crippen LogP contribution < -0.4 is 15.4 Å². The Morgan fingerprint density at radius 3 is 2.76 bits per heavy atom. The highest BCUT2D eigenvalue weighted by Gasteiger charge is 2.20. The van der Waals surface area contributed by atoms with Crippen molar-refractivity contribution in [3.05, 3.63) is 42.5 Å². The molecule has 1 aliphatic heterocycles. The molecule has 3 heterocycles. The van der Waals surface area contributed by atoms with Crippen molar-refractivity contribution in [2.45, 2.75) is 25.4 Å². The molecule has 0 radical (unpaired) electrons. The SMILES string of the molecule is COc1cc(NC(=O)NC2CCN(Cc3ccncc3)CC2)ncn1. The van der Waals surface area contributed by atoms with E-state index in [4.69, 9.17) is 4.74 Å². The summed E-state index contributed by atoms with van der Waals surface area (Å²) >= 11 is 0. The van der Waals surface area contributed by atoms with Crippen molar-refractivity contribution in [3.63, 3.8) is 0 Å². The lowest BCUT2D eigenvalue weighted by atomic mass is 10.0. The van der Waals surface area contributed by atoms with E-state index >= 15 is 0 Å². The van der Waals surface area contributed by atoms with Gasteiger partial charge in [-0.25, -0.2) is 14.8 Å². The largest absolute Gasteiger partial charge is 0.481 e. The average Bonchev–Trinajstić information content (AvgIpc) is 2.64. The lowest BCUT2D eigenvalue weighted by Crippen LogP contribution is -2.45. The van der Waals surface area contributed by atoms with Gasteiger partial charge in [-0.3, -0.25) is 15.2 Å². The van der Waals surface area contributed by atoms with Crippen LogP contribution in [0.5, 0.6) is 5.88 Å². The number of urea groups is 1. The number of rotatable bonds is 5. The Bertz CT molecular complexity index is 689. The number of hydrogen-bond donors (Lipinski definition) is 2. The Hall–Kier alpha value is -2.74. The number of ether oxygens (including phenoxy) is 1. The third kappa shape index (κ3) is 5.12. The molecule has 132 valence electrons. The first-order valence-electron chi connectivity index (χ1n) is 8.28. The fourth-order valence-electron chi connectivity index (χ4n) is 2.84. The second-order valence-corrected chi connectivity index (χ2v) is 5.95. The molecule has 2 aromatic rings. The van der Waals surface area contributed by atoms with Crippen LogP contribution in [0.2, 0.25) is 0 Å². The summed E-state index contributed by atoms with van der Waals surface area (Å²) in [6.45, 7) is 2.82. The molecular formula is C17H22N6O2. The van der Waals surface area contributed by atoms with Gasteiger partial charge in [-0.2, -0.15) is 0 Å². The zero-order valence-electron chi connectivity index (χ0n) is 14.2. The first-order valence-corrected chi connectivity index (χ1v) is 8.28. The maximum atomic E-state index is 12.1. The third-order valence-corrected chi connectivity index (χ3v) is 4.17. The molecule has 1 saturated heterocycles. The Morgan fingerprint density at radius 1 is 1.28 bits per heavy atom. The van der Waals surface area contributed by atoms with Crippen LogP contribution in [0, 0.1) is 0 Å². The van der Waals surface area contributed by atoms with Crippen molar-refractivity contribution in [2.24, 2.45) is 0 Å².